The highest BCUT2D eigenvalue weighted by molar-refractivity contribution is 7.15. The molecule has 0 saturated carbocycles. The number of thiazole rings is 1. The molecule has 2 N–H and O–H groups in total. The van der Waals surface area contributed by atoms with Crippen LogP contribution in [-0.2, 0) is 21.7 Å². The molecule has 4 amide bonds. The zero-order chi connectivity index (χ0) is 17.1. The van der Waals surface area contributed by atoms with Gasteiger partial charge in [0.1, 0.15) is 5.82 Å². The van der Waals surface area contributed by atoms with E-state index in [1.807, 2.05) is 5.32 Å². The van der Waals surface area contributed by atoms with Crippen molar-refractivity contribution in [2.24, 2.45) is 0 Å². The molecule has 24 heavy (non-hydrogen) atoms. The van der Waals surface area contributed by atoms with Gasteiger partial charge in [-0.25, -0.2) is 14.2 Å². The van der Waals surface area contributed by atoms with Gasteiger partial charge < -0.3 is 10.2 Å². The van der Waals surface area contributed by atoms with Crippen LogP contribution in [0.4, 0.5) is 14.9 Å². The van der Waals surface area contributed by atoms with Crippen molar-refractivity contribution in [2.75, 3.05) is 4.90 Å². The van der Waals surface area contributed by atoms with Gasteiger partial charge >= 0.3 is 6.03 Å². The topological polar surface area (TPSA) is 91.4 Å². The minimum absolute atomic E-state index is 0.103. The summed E-state index contributed by atoms with van der Waals surface area (Å²) in [4.78, 5) is 42.7. The third kappa shape index (κ3) is 1.95. The van der Waals surface area contributed by atoms with Crippen LogP contribution in [0, 0.1) is 5.82 Å². The summed E-state index contributed by atoms with van der Waals surface area (Å²) in [5, 5.41) is 4.38. The molecule has 1 saturated heterocycles. The number of nitrogens with zero attached hydrogens (tertiary/aromatic N) is 2. The van der Waals surface area contributed by atoms with Crippen molar-refractivity contribution in [3.05, 3.63) is 45.1 Å². The fourth-order valence-electron chi connectivity index (χ4n) is 2.94. The number of benzene rings is 1. The second-order valence-corrected chi connectivity index (χ2v) is 6.99. The van der Waals surface area contributed by atoms with E-state index in [0.717, 1.165) is 6.07 Å². The van der Waals surface area contributed by atoms with Crippen molar-refractivity contribution in [1.29, 1.82) is 0 Å². The highest BCUT2D eigenvalue weighted by Gasteiger charge is 2.61. The minimum Gasteiger partial charge on any atom is -0.312 e. The molecule has 10 heteroatoms. The fraction of sp³-hybridized carbons (Fsp3) is 0.143. The first-order chi connectivity index (χ1) is 11.4. The van der Waals surface area contributed by atoms with Gasteiger partial charge in [0.25, 0.3) is 11.8 Å². The zero-order valence-corrected chi connectivity index (χ0v) is 13.4. The Hall–Kier alpha value is -2.52. The van der Waals surface area contributed by atoms with Gasteiger partial charge in [-0.1, -0.05) is 11.6 Å². The maximum atomic E-state index is 13.7. The van der Waals surface area contributed by atoms with Crippen LogP contribution in [0.2, 0.25) is 4.47 Å². The van der Waals surface area contributed by atoms with Crippen molar-refractivity contribution >= 4 is 46.5 Å². The van der Waals surface area contributed by atoms with Crippen molar-refractivity contribution in [2.45, 2.75) is 12.1 Å². The van der Waals surface area contributed by atoms with Gasteiger partial charge in [0.05, 0.1) is 12.2 Å². The van der Waals surface area contributed by atoms with Crippen LogP contribution in [-0.4, -0.2) is 22.8 Å². The highest BCUT2D eigenvalue weighted by Crippen LogP contribution is 2.43. The van der Waals surface area contributed by atoms with E-state index in [2.05, 4.69) is 10.3 Å². The lowest BCUT2D eigenvalue weighted by Crippen LogP contribution is -2.52. The van der Waals surface area contributed by atoms with Crippen LogP contribution >= 0.6 is 22.9 Å². The van der Waals surface area contributed by atoms with Gasteiger partial charge in [0.2, 0.25) is 5.54 Å². The van der Waals surface area contributed by atoms with Gasteiger partial charge in [-0.05, 0) is 18.2 Å². The summed E-state index contributed by atoms with van der Waals surface area (Å²) in [5.41, 5.74) is -1.49. The van der Waals surface area contributed by atoms with E-state index in [9.17, 15) is 18.8 Å². The lowest BCUT2D eigenvalue weighted by molar-refractivity contribution is -0.134. The Bertz CT molecular complexity index is 917. The molecule has 4 rings (SSSR count). The summed E-state index contributed by atoms with van der Waals surface area (Å²) in [6, 6.07) is 2.87. The first-order valence-corrected chi connectivity index (χ1v) is 7.97. The van der Waals surface area contributed by atoms with Crippen molar-refractivity contribution in [3.63, 3.8) is 0 Å². The maximum absolute atomic E-state index is 13.7. The number of rotatable bonds is 2. The number of carbonyl (C=O) groups excluding carboxylic acids is 3. The predicted molar refractivity (Wildman–Crippen MR) is 83.1 cm³/mol. The third-order valence-electron chi connectivity index (χ3n) is 3.93. The van der Waals surface area contributed by atoms with Gasteiger partial charge in [-0.3, -0.25) is 14.9 Å². The third-order valence-corrected chi connectivity index (χ3v) is 5.03. The van der Waals surface area contributed by atoms with Gasteiger partial charge in [-0.15, -0.1) is 11.3 Å². The number of imide groups is 1. The second kappa shape index (κ2) is 4.99. The minimum atomic E-state index is -1.94. The SMILES string of the molecule is O=C1NC(=O)C2(N1)C(=O)N(Cc1cnc(Cl)s1)c1ccc(F)cc12. The van der Waals surface area contributed by atoms with Gasteiger partial charge in [0.15, 0.2) is 4.47 Å². The van der Waals surface area contributed by atoms with E-state index >= 15 is 0 Å². The molecule has 2 aliphatic heterocycles. The molecule has 1 unspecified atom stereocenters. The summed E-state index contributed by atoms with van der Waals surface area (Å²) in [7, 11) is 0. The number of urea groups is 1. The van der Waals surface area contributed by atoms with Crippen molar-refractivity contribution < 1.29 is 18.8 Å². The zero-order valence-electron chi connectivity index (χ0n) is 11.8. The van der Waals surface area contributed by atoms with Gasteiger partial charge in [-0.2, -0.15) is 0 Å². The Kier molecular flexibility index (Phi) is 3.12. The molecule has 0 radical (unpaired) electrons. The van der Waals surface area contributed by atoms with Crippen LogP contribution in [0.1, 0.15) is 10.4 Å². The average molecular weight is 367 g/mol. The first-order valence-electron chi connectivity index (χ1n) is 6.77. The number of halogens is 2. The number of hydrogen-bond donors (Lipinski definition) is 2. The number of anilines is 1. The summed E-state index contributed by atoms with van der Waals surface area (Å²) in [5.74, 6) is -2.09. The average Bonchev–Trinajstić information content (AvgIpc) is 3.13. The van der Waals surface area contributed by atoms with Crippen LogP contribution < -0.4 is 15.5 Å². The van der Waals surface area contributed by atoms with Crippen LogP contribution in [0.5, 0.6) is 0 Å². The van der Waals surface area contributed by atoms with Gasteiger partial charge in [0, 0.05) is 16.6 Å². The molecule has 0 aliphatic carbocycles. The summed E-state index contributed by atoms with van der Waals surface area (Å²) in [6.45, 7) is 0.104. The lowest BCUT2D eigenvalue weighted by atomic mass is 9.91. The molecule has 1 aromatic carbocycles. The quantitative estimate of drug-likeness (QED) is 0.622. The molecule has 3 heterocycles. The molecule has 2 aromatic rings. The Labute approximate surface area is 143 Å². The predicted octanol–water partition coefficient (Wildman–Crippen LogP) is 1.52. The largest absolute Gasteiger partial charge is 0.323 e. The number of amides is 4. The molecule has 7 nitrogen and oxygen atoms in total. The highest BCUT2D eigenvalue weighted by atomic mass is 35.5. The van der Waals surface area contributed by atoms with E-state index < -0.39 is 29.2 Å². The molecule has 0 bridgehead atoms. The lowest BCUT2D eigenvalue weighted by Gasteiger charge is -2.20. The number of aromatic nitrogens is 1. The summed E-state index contributed by atoms with van der Waals surface area (Å²) >= 11 is 6.98. The van der Waals surface area contributed by atoms with E-state index in [-0.39, 0.29) is 12.1 Å². The van der Waals surface area contributed by atoms with E-state index in [4.69, 9.17) is 11.6 Å². The molecule has 1 aromatic heterocycles. The smallest absolute Gasteiger partial charge is 0.312 e. The fourth-order valence-corrected chi connectivity index (χ4v) is 3.90. The molecule has 1 atom stereocenters. The van der Waals surface area contributed by atoms with E-state index in [1.165, 1.54) is 34.6 Å². The van der Waals surface area contributed by atoms with Crippen LogP contribution in [0.3, 0.4) is 0 Å². The van der Waals surface area contributed by atoms with Crippen LogP contribution in [0.25, 0.3) is 0 Å². The molecule has 1 fully saturated rings. The number of fused-ring (bicyclic) bond motifs is 2. The van der Waals surface area contributed by atoms with E-state index in [1.54, 1.807) is 0 Å². The van der Waals surface area contributed by atoms with Crippen molar-refractivity contribution in [1.82, 2.24) is 15.6 Å². The molecule has 122 valence electrons. The molecule has 1 spiro atoms. The first kappa shape index (κ1) is 15.0. The van der Waals surface area contributed by atoms with E-state index in [0.29, 0.717) is 15.0 Å². The maximum Gasteiger partial charge on any atom is 0.323 e. The molecular formula is C14H8ClFN4O3S. The van der Waals surface area contributed by atoms with Crippen LogP contribution in [0.15, 0.2) is 24.4 Å². The second-order valence-electron chi connectivity index (χ2n) is 5.29. The summed E-state index contributed by atoms with van der Waals surface area (Å²) < 4.78 is 14.0. The standard InChI is InChI=1S/C14H8ClFN4O3S/c15-12-17-4-7(24-12)5-20-9-2-1-6(16)3-8(9)14(11(20)22)10(21)18-13(23)19-14/h1-4H,5H2,(H2,18,19,21,23). The molecular weight excluding hydrogens is 359 g/mol. The Morgan fingerprint density at radius 1 is 1.33 bits per heavy atom. The number of nitrogens with one attached hydrogen (secondary N) is 2. The number of carbonyl (C=O) groups is 3. The monoisotopic (exact) mass is 366 g/mol. The molecule has 2 aliphatic rings. The normalized spacial score (nSPS) is 22.1. The summed E-state index contributed by atoms with van der Waals surface area (Å²) in [6.07, 6.45) is 1.52. The Morgan fingerprint density at radius 3 is 2.75 bits per heavy atom. The van der Waals surface area contributed by atoms with Crippen molar-refractivity contribution in [3.8, 4) is 0 Å². The Morgan fingerprint density at radius 2 is 2.12 bits per heavy atom. The number of hydrogen-bond acceptors (Lipinski definition) is 5. The Balaban J connectivity index is 1.85.